The highest BCUT2D eigenvalue weighted by atomic mass is 16.1. The lowest BCUT2D eigenvalue weighted by molar-refractivity contribution is -0.115. The highest BCUT2D eigenvalue weighted by Crippen LogP contribution is 2.25. The molecule has 1 aromatic heterocycles. The summed E-state index contributed by atoms with van der Waals surface area (Å²) in [6.45, 7) is 7.69. The molecule has 0 spiro atoms. The van der Waals surface area contributed by atoms with Crippen LogP contribution in [0.25, 0.3) is 10.9 Å². The maximum atomic E-state index is 12.0. The molecular weight excluding hydrogens is 234 g/mol. The Hall–Kier alpha value is -2.09. The monoisotopic (exact) mass is 253 g/mol. The van der Waals surface area contributed by atoms with Gasteiger partial charge in [0.1, 0.15) is 0 Å². The van der Waals surface area contributed by atoms with Crippen molar-refractivity contribution in [3.8, 4) is 0 Å². The molecule has 1 atom stereocenters. The van der Waals surface area contributed by atoms with Crippen LogP contribution < -0.4 is 0 Å². The number of benzene rings is 1. The molecule has 1 unspecified atom stereocenters. The molecule has 0 saturated heterocycles. The minimum atomic E-state index is -0.167. The number of aromatic nitrogens is 1. The highest BCUT2D eigenvalue weighted by molar-refractivity contribution is 5.96. The van der Waals surface area contributed by atoms with Crippen molar-refractivity contribution < 1.29 is 4.79 Å². The zero-order chi connectivity index (χ0) is 13.8. The average molecular weight is 253 g/mol. The van der Waals surface area contributed by atoms with Gasteiger partial charge < -0.3 is 4.98 Å². The fourth-order valence-corrected chi connectivity index (χ4v) is 2.18. The Labute approximate surface area is 113 Å². The summed E-state index contributed by atoms with van der Waals surface area (Å²) < 4.78 is 0. The lowest BCUT2D eigenvalue weighted by atomic mass is 9.95. The molecular formula is C17H19NO. The molecule has 0 aliphatic carbocycles. The summed E-state index contributed by atoms with van der Waals surface area (Å²) in [7, 11) is 0. The Kier molecular flexibility index (Phi) is 4.00. The summed E-state index contributed by atoms with van der Waals surface area (Å²) in [4.78, 5) is 15.4. The summed E-state index contributed by atoms with van der Waals surface area (Å²) in [5, 5.41) is 1.14. The highest BCUT2D eigenvalue weighted by Gasteiger charge is 2.18. The zero-order valence-electron chi connectivity index (χ0n) is 11.4. The second-order valence-electron chi connectivity index (χ2n) is 4.99. The third-order valence-corrected chi connectivity index (χ3v) is 3.23. The Morgan fingerprint density at radius 3 is 2.74 bits per heavy atom. The molecule has 1 N–H and O–H groups in total. The van der Waals surface area contributed by atoms with Crippen molar-refractivity contribution in [2.75, 3.05) is 0 Å². The second-order valence-corrected chi connectivity index (χ2v) is 4.99. The van der Waals surface area contributed by atoms with Gasteiger partial charge in [-0.15, -0.1) is 0 Å². The summed E-state index contributed by atoms with van der Waals surface area (Å²) in [6.07, 6.45) is 4.21. The van der Waals surface area contributed by atoms with Gasteiger partial charge in [-0.3, -0.25) is 4.79 Å². The molecule has 98 valence electrons. The molecule has 2 heteroatoms. The SMILES string of the molecule is C=CC(=O)C(CC=C(C)C)c1cc2ccccc2[nH]1. The zero-order valence-corrected chi connectivity index (χ0v) is 11.4. The van der Waals surface area contributed by atoms with Crippen LogP contribution in [-0.4, -0.2) is 10.8 Å². The van der Waals surface area contributed by atoms with Gasteiger partial charge in [0.15, 0.2) is 5.78 Å². The molecule has 1 heterocycles. The normalized spacial score (nSPS) is 12.1. The van der Waals surface area contributed by atoms with Crippen LogP contribution in [0.15, 0.2) is 54.6 Å². The van der Waals surface area contributed by atoms with Crippen LogP contribution in [-0.2, 0) is 4.79 Å². The first-order chi connectivity index (χ1) is 9.11. The van der Waals surface area contributed by atoms with Crippen molar-refractivity contribution in [2.24, 2.45) is 0 Å². The van der Waals surface area contributed by atoms with Gasteiger partial charge in [-0.05, 0) is 43.9 Å². The van der Waals surface area contributed by atoms with Crippen LogP contribution in [0.5, 0.6) is 0 Å². The molecule has 0 saturated carbocycles. The molecule has 2 nitrogen and oxygen atoms in total. The predicted molar refractivity (Wildman–Crippen MR) is 80.3 cm³/mol. The number of H-pyrrole nitrogens is 1. The van der Waals surface area contributed by atoms with Crippen molar-refractivity contribution >= 4 is 16.7 Å². The van der Waals surface area contributed by atoms with E-state index in [0.29, 0.717) is 6.42 Å². The topological polar surface area (TPSA) is 32.9 Å². The van der Waals surface area contributed by atoms with E-state index in [1.807, 2.05) is 38.1 Å². The van der Waals surface area contributed by atoms with E-state index in [-0.39, 0.29) is 11.7 Å². The Bertz CT molecular complexity index is 597. The van der Waals surface area contributed by atoms with Gasteiger partial charge in [-0.1, -0.05) is 36.4 Å². The van der Waals surface area contributed by atoms with E-state index < -0.39 is 0 Å². The predicted octanol–water partition coefficient (Wildman–Crippen LogP) is 4.36. The van der Waals surface area contributed by atoms with E-state index >= 15 is 0 Å². The number of allylic oxidation sites excluding steroid dienone is 3. The number of carbonyl (C=O) groups is 1. The maximum Gasteiger partial charge on any atom is 0.164 e. The van der Waals surface area contributed by atoms with Crippen LogP contribution in [0.4, 0.5) is 0 Å². The number of para-hydroxylation sites is 1. The van der Waals surface area contributed by atoms with Crippen LogP contribution >= 0.6 is 0 Å². The van der Waals surface area contributed by atoms with Gasteiger partial charge in [0.2, 0.25) is 0 Å². The van der Waals surface area contributed by atoms with E-state index in [4.69, 9.17) is 0 Å². The average Bonchev–Trinajstić information content (AvgIpc) is 2.81. The third-order valence-electron chi connectivity index (χ3n) is 3.23. The quantitative estimate of drug-likeness (QED) is 0.623. The fourth-order valence-electron chi connectivity index (χ4n) is 2.18. The molecule has 1 aromatic carbocycles. The smallest absolute Gasteiger partial charge is 0.164 e. The van der Waals surface area contributed by atoms with Crippen LogP contribution in [0.3, 0.4) is 0 Å². The van der Waals surface area contributed by atoms with E-state index in [0.717, 1.165) is 16.6 Å². The number of rotatable bonds is 5. The number of hydrogen-bond donors (Lipinski definition) is 1. The van der Waals surface area contributed by atoms with Gasteiger partial charge in [0, 0.05) is 11.2 Å². The minimum absolute atomic E-state index is 0.0593. The Morgan fingerprint density at radius 2 is 2.11 bits per heavy atom. The number of nitrogens with one attached hydrogen (secondary N) is 1. The Balaban J connectivity index is 2.39. The van der Waals surface area contributed by atoms with Crippen molar-refractivity contribution in [1.82, 2.24) is 4.98 Å². The molecule has 19 heavy (non-hydrogen) atoms. The lowest BCUT2D eigenvalue weighted by Gasteiger charge is -2.10. The molecule has 0 aliphatic rings. The van der Waals surface area contributed by atoms with Crippen LogP contribution in [0.2, 0.25) is 0 Å². The molecule has 2 aromatic rings. The van der Waals surface area contributed by atoms with Gasteiger partial charge in [-0.2, -0.15) is 0 Å². The standard InChI is InChI=1S/C17H19NO/c1-4-17(19)14(10-9-12(2)3)16-11-13-7-5-6-8-15(13)18-16/h4-9,11,14,18H,1,10H2,2-3H3. The van der Waals surface area contributed by atoms with Crippen molar-refractivity contribution in [1.29, 1.82) is 0 Å². The Morgan fingerprint density at radius 1 is 1.37 bits per heavy atom. The summed E-state index contributed by atoms with van der Waals surface area (Å²) in [5.41, 5.74) is 3.25. The number of hydrogen-bond acceptors (Lipinski definition) is 1. The first kappa shape index (κ1) is 13.3. The summed E-state index contributed by atoms with van der Waals surface area (Å²) >= 11 is 0. The largest absolute Gasteiger partial charge is 0.358 e. The van der Waals surface area contributed by atoms with Crippen LogP contribution in [0.1, 0.15) is 31.9 Å². The number of ketones is 1. The number of fused-ring (bicyclic) bond motifs is 1. The van der Waals surface area contributed by atoms with Crippen molar-refractivity contribution in [3.05, 3.63) is 60.3 Å². The maximum absolute atomic E-state index is 12.0. The number of carbonyl (C=O) groups excluding carboxylic acids is 1. The first-order valence-corrected chi connectivity index (χ1v) is 6.49. The molecule has 0 fully saturated rings. The van der Waals surface area contributed by atoms with Gasteiger partial charge in [0.05, 0.1) is 5.92 Å². The lowest BCUT2D eigenvalue weighted by Crippen LogP contribution is -2.09. The first-order valence-electron chi connectivity index (χ1n) is 6.49. The molecule has 0 aliphatic heterocycles. The van der Waals surface area contributed by atoms with Gasteiger partial charge in [0.25, 0.3) is 0 Å². The molecule has 0 bridgehead atoms. The van der Waals surface area contributed by atoms with Crippen molar-refractivity contribution in [3.63, 3.8) is 0 Å². The fraction of sp³-hybridized carbons (Fsp3) is 0.235. The number of aromatic amines is 1. The van der Waals surface area contributed by atoms with E-state index in [2.05, 4.69) is 23.7 Å². The van der Waals surface area contributed by atoms with Gasteiger partial charge in [-0.25, -0.2) is 0 Å². The van der Waals surface area contributed by atoms with E-state index in [1.54, 1.807) is 0 Å². The van der Waals surface area contributed by atoms with E-state index in [1.165, 1.54) is 11.6 Å². The third kappa shape index (κ3) is 3.02. The second kappa shape index (κ2) is 5.70. The van der Waals surface area contributed by atoms with E-state index in [9.17, 15) is 4.79 Å². The molecule has 0 radical (unpaired) electrons. The molecule has 2 rings (SSSR count). The minimum Gasteiger partial charge on any atom is -0.358 e. The summed E-state index contributed by atoms with van der Waals surface area (Å²) in [5.74, 6) is -0.108. The van der Waals surface area contributed by atoms with Crippen LogP contribution in [0, 0.1) is 0 Å². The van der Waals surface area contributed by atoms with Gasteiger partial charge >= 0.3 is 0 Å². The summed E-state index contributed by atoms with van der Waals surface area (Å²) in [6, 6.07) is 10.1. The van der Waals surface area contributed by atoms with Crippen molar-refractivity contribution in [2.45, 2.75) is 26.2 Å². The molecule has 0 amide bonds.